The summed E-state index contributed by atoms with van der Waals surface area (Å²) in [6.45, 7) is 0. The smallest absolute Gasteiger partial charge is 0.339 e. The molecule has 0 saturated heterocycles. The Morgan fingerprint density at radius 1 is 1.38 bits per heavy atom. The lowest BCUT2D eigenvalue weighted by Crippen LogP contribution is -2.04. The number of rotatable bonds is 1. The van der Waals surface area contributed by atoms with E-state index in [0.717, 1.165) is 0 Å². The summed E-state index contributed by atoms with van der Waals surface area (Å²) in [5.74, 6) is -0.400. The molecule has 1 aromatic carbocycles. The molecule has 5 nitrogen and oxygen atoms in total. The molecule has 0 fully saturated rings. The molecule has 5 heteroatoms. The molecule has 0 atom stereocenters. The molecular weight excluding hydrogens is 174 g/mol. The highest BCUT2D eigenvalue weighted by molar-refractivity contribution is 5.94. The van der Waals surface area contributed by atoms with E-state index in [-0.39, 0.29) is 0 Å². The number of ether oxygens (including phenoxy) is 1. The summed E-state index contributed by atoms with van der Waals surface area (Å²) in [5.41, 5.74) is 6.35. The Bertz CT molecular complexity index is 275. The third-order valence-corrected chi connectivity index (χ3v) is 1.37. The Hall–Kier alpha value is -1.59. The normalized spacial score (nSPS) is 8.23. The number of esters is 1. The molecule has 0 aliphatic heterocycles. The Balaban J connectivity index is 0.000000671. The average molecular weight is 185 g/mol. The zero-order chi connectivity index (χ0) is 10.3. The minimum absolute atomic E-state index is 0.400. The number of hydrogen-bond acceptors (Lipinski definition) is 5. The van der Waals surface area contributed by atoms with Crippen LogP contribution in [0.3, 0.4) is 0 Å². The van der Waals surface area contributed by atoms with Crippen molar-refractivity contribution in [2.24, 2.45) is 0 Å². The molecule has 4 N–H and O–H groups in total. The van der Waals surface area contributed by atoms with Crippen molar-refractivity contribution in [1.29, 1.82) is 0 Å². The van der Waals surface area contributed by atoms with E-state index in [1.165, 1.54) is 7.11 Å². The Kier molecular flexibility index (Phi) is 5.25. The molecule has 0 unspecified atom stereocenters. The highest BCUT2D eigenvalue weighted by atomic mass is 17.0. The number of nitrogen functional groups attached to an aromatic ring is 1. The number of carbonyl (C=O) groups is 1. The van der Waals surface area contributed by atoms with E-state index in [4.69, 9.17) is 16.2 Å². The van der Waals surface area contributed by atoms with Crippen LogP contribution in [0.15, 0.2) is 24.3 Å². The first-order chi connectivity index (χ1) is 6.25. The predicted molar refractivity (Wildman–Crippen MR) is 47.5 cm³/mol. The monoisotopic (exact) mass is 185 g/mol. The third kappa shape index (κ3) is 3.10. The fraction of sp³-hybridized carbons (Fsp3) is 0.125. The minimum atomic E-state index is -0.400. The summed E-state index contributed by atoms with van der Waals surface area (Å²) in [6, 6.07) is 6.79. The summed E-state index contributed by atoms with van der Waals surface area (Å²) >= 11 is 0. The second-order valence-corrected chi connectivity index (χ2v) is 2.08. The Labute approximate surface area is 75.3 Å². The van der Waals surface area contributed by atoms with E-state index in [0.29, 0.717) is 11.3 Å². The number of benzene rings is 1. The number of anilines is 1. The van der Waals surface area contributed by atoms with Gasteiger partial charge < -0.3 is 10.5 Å². The Morgan fingerprint density at radius 3 is 2.38 bits per heavy atom. The van der Waals surface area contributed by atoms with Gasteiger partial charge in [0.15, 0.2) is 0 Å². The van der Waals surface area contributed by atoms with Crippen molar-refractivity contribution in [3.05, 3.63) is 29.8 Å². The van der Waals surface area contributed by atoms with Crippen LogP contribution in [0.2, 0.25) is 0 Å². The number of hydrogen-bond donors (Lipinski definition) is 3. The molecule has 0 aliphatic carbocycles. The first-order valence-corrected chi connectivity index (χ1v) is 3.38. The molecule has 0 heterocycles. The van der Waals surface area contributed by atoms with Gasteiger partial charge in [0.25, 0.3) is 0 Å². The first-order valence-electron chi connectivity index (χ1n) is 3.38. The number of methoxy groups -OCH3 is 1. The fourth-order valence-electron chi connectivity index (χ4n) is 0.793. The summed E-state index contributed by atoms with van der Waals surface area (Å²) in [4.78, 5) is 10.9. The molecular formula is C8H11NO4. The summed E-state index contributed by atoms with van der Waals surface area (Å²) in [7, 11) is 1.33. The van der Waals surface area contributed by atoms with Gasteiger partial charge in [0.1, 0.15) is 0 Å². The topological polar surface area (TPSA) is 92.8 Å². The van der Waals surface area contributed by atoms with Crippen LogP contribution in [0.25, 0.3) is 0 Å². The van der Waals surface area contributed by atoms with Gasteiger partial charge >= 0.3 is 5.97 Å². The van der Waals surface area contributed by atoms with Crippen molar-refractivity contribution < 1.29 is 20.0 Å². The Morgan fingerprint density at radius 2 is 1.92 bits per heavy atom. The molecule has 0 bridgehead atoms. The van der Waals surface area contributed by atoms with E-state index in [2.05, 4.69) is 4.74 Å². The van der Waals surface area contributed by atoms with Gasteiger partial charge in [-0.25, -0.2) is 4.79 Å². The maximum Gasteiger partial charge on any atom is 0.339 e. The fourth-order valence-corrected chi connectivity index (χ4v) is 0.793. The second-order valence-electron chi connectivity index (χ2n) is 2.08. The van der Waals surface area contributed by atoms with E-state index < -0.39 is 5.97 Å². The first kappa shape index (κ1) is 11.4. The molecule has 0 saturated carbocycles. The van der Waals surface area contributed by atoms with E-state index in [1.54, 1.807) is 24.3 Å². The van der Waals surface area contributed by atoms with Crippen LogP contribution >= 0.6 is 0 Å². The molecule has 0 aromatic heterocycles. The van der Waals surface area contributed by atoms with Crippen LogP contribution in [0.5, 0.6) is 0 Å². The third-order valence-electron chi connectivity index (χ3n) is 1.37. The number of nitrogens with two attached hydrogens (primary N) is 1. The highest BCUT2D eigenvalue weighted by Crippen LogP contribution is 2.10. The van der Waals surface area contributed by atoms with Crippen molar-refractivity contribution in [2.75, 3.05) is 12.8 Å². The largest absolute Gasteiger partial charge is 0.465 e. The second kappa shape index (κ2) is 5.99. The maximum absolute atomic E-state index is 10.9. The van der Waals surface area contributed by atoms with Crippen molar-refractivity contribution >= 4 is 11.7 Å². The van der Waals surface area contributed by atoms with Crippen LogP contribution in [-0.4, -0.2) is 23.6 Å². The SMILES string of the molecule is COC(=O)c1ccccc1N.OO. The summed E-state index contributed by atoms with van der Waals surface area (Å²) in [6.07, 6.45) is 0. The summed E-state index contributed by atoms with van der Waals surface area (Å²) < 4.78 is 4.50. The molecule has 0 radical (unpaired) electrons. The van der Waals surface area contributed by atoms with Crippen molar-refractivity contribution in [3.63, 3.8) is 0 Å². The standard InChI is InChI=1S/C8H9NO2.H2O2/c1-11-8(10)6-4-2-3-5-7(6)9;1-2/h2-5H,9H2,1H3;1-2H. The van der Waals surface area contributed by atoms with Crippen molar-refractivity contribution in [3.8, 4) is 0 Å². The zero-order valence-corrected chi connectivity index (χ0v) is 7.10. The minimum Gasteiger partial charge on any atom is -0.465 e. The number of para-hydroxylation sites is 1. The summed E-state index contributed by atoms with van der Waals surface area (Å²) in [5, 5.41) is 12.0. The van der Waals surface area contributed by atoms with Gasteiger partial charge in [-0.1, -0.05) is 12.1 Å². The van der Waals surface area contributed by atoms with Gasteiger partial charge in [-0.2, -0.15) is 0 Å². The molecule has 0 aliphatic rings. The quantitative estimate of drug-likeness (QED) is 0.263. The molecule has 1 rings (SSSR count). The number of carbonyl (C=O) groups excluding carboxylic acids is 1. The van der Waals surface area contributed by atoms with Gasteiger partial charge in [0.2, 0.25) is 0 Å². The lowest BCUT2D eigenvalue weighted by molar-refractivity contribution is -0.176. The van der Waals surface area contributed by atoms with Crippen LogP contribution < -0.4 is 5.73 Å². The predicted octanol–water partition coefficient (Wildman–Crippen LogP) is 1.07. The van der Waals surface area contributed by atoms with Gasteiger partial charge in [0.05, 0.1) is 12.7 Å². The van der Waals surface area contributed by atoms with Crippen LogP contribution in [0, 0.1) is 0 Å². The van der Waals surface area contributed by atoms with Crippen LogP contribution in [-0.2, 0) is 4.74 Å². The molecule has 0 spiro atoms. The highest BCUT2D eigenvalue weighted by Gasteiger charge is 2.06. The van der Waals surface area contributed by atoms with Crippen LogP contribution in [0.1, 0.15) is 10.4 Å². The lowest BCUT2D eigenvalue weighted by Gasteiger charge is -2.00. The zero-order valence-electron chi connectivity index (χ0n) is 7.10. The van der Waals surface area contributed by atoms with Crippen LogP contribution in [0.4, 0.5) is 5.69 Å². The maximum atomic E-state index is 10.9. The van der Waals surface area contributed by atoms with E-state index in [1.807, 2.05) is 0 Å². The molecule has 0 amide bonds. The van der Waals surface area contributed by atoms with Gasteiger partial charge in [0, 0.05) is 5.69 Å². The van der Waals surface area contributed by atoms with Crippen molar-refractivity contribution in [2.45, 2.75) is 0 Å². The van der Waals surface area contributed by atoms with Gasteiger partial charge in [-0.3, -0.25) is 10.5 Å². The van der Waals surface area contributed by atoms with Gasteiger partial charge in [-0.15, -0.1) is 0 Å². The van der Waals surface area contributed by atoms with Gasteiger partial charge in [-0.05, 0) is 12.1 Å². The van der Waals surface area contributed by atoms with Crippen molar-refractivity contribution in [1.82, 2.24) is 0 Å². The van der Waals surface area contributed by atoms with E-state index in [9.17, 15) is 4.79 Å². The molecule has 13 heavy (non-hydrogen) atoms. The molecule has 1 aromatic rings. The molecule has 72 valence electrons. The van der Waals surface area contributed by atoms with E-state index >= 15 is 0 Å². The lowest BCUT2D eigenvalue weighted by atomic mass is 10.2. The average Bonchev–Trinajstić information content (AvgIpc) is 2.20.